The number of anilines is 3. The lowest BCUT2D eigenvalue weighted by molar-refractivity contribution is 0.877. The van der Waals surface area contributed by atoms with Crippen LogP contribution >= 0.6 is 0 Å². The molecule has 0 bridgehead atoms. The van der Waals surface area contributed by atoms with Gasteiger partial charge in [0.05, 0.1) is 29.5 Å². The van der Waals surface area contributed by atoms with Crippen LogP contribution in [0.4, 0.5) is 17.1 Å². The molecule has 0 aliphatic carbocycles. The Kier molecular flexibility index (Phi) is 4.29. The van der Waals surface area contributed by atoms with E-state index in [4.69, 9.17) is 0 Å². The van der Waals surface area contributed by atoms with Crippen molar-refractivity contribution in [1.82, 2.24) is 9.97 Å². The fraction of sp³-hybridized carbons (Fsp3) is 0.103. The molecule has 0 N–H and O–H groups in total. The van der Waals surface area contributed by atoms with Gasteiger partial charge in [0, 0.05) is 17.8 Å². The maximum atomic E-state index is 4.39. The van der Waals surface area contributed by atoms with Gasteiger partial charge in [-0.3, -0.25) is 9.97 Å². The van der Waals surface area contributed by atoms with Gasteiger partial charge in [-0.1, -0.05) is 56.3 Å². The fourth-order valence-corrected chi connectivity index (χ4v) is 4.91. The van der Waals surface area contributed by atoms with Crippen LogP contribution in [-0.2, 0) is 0 Å². The molecule has 0 aliphatic rings. The zero-order valence-electron chi connectivity index (χ0n) is 18.2. The van der Waals surface area contributed by atoms with Crippen molar-refractivity contribution in [3.8, 4) is 0 Å². The summed E-state index contributed by atoms with van der Waals surface area (Å²) in [6, 6.07) is 26.2. The summed E-state index contributed by atoms with van der Waals surface area (Å²) in [6.07, 6.45) is 7.43. The first-order chi connectivity index (χ1) is 15.7. The van der Waals surface area contributed by atoms with Crippen LogP contribution in [0.25, 0.3) is 32.3 Å². The Morgan fingerprint density at radius 1 is 0.625 bits per heavy atom. The van der Waals surface area contributed by atoms with Crippen molar-refractivity contribution in [2.45, 2.75) is 19.8 Å². The Balaban J connectivity index is 1.72. The molecule has 0 spiro atoms. The van der Waals surface area contributed by atoms with E-state index in [9.17, 15) is 0 Å². The predicted octanol–water partition coefficient (Wildman–Crippen LogP) is 7.97. The van der Waals surface area contributed by atoms with E-state index >= 15 is 0 Å². The summed E-state index contributed by atoms with van der Waals surface area (Å²) in [5.41, 5.74) is 4.55. The molecule has 3 nitrogen and oxygen atoms in total. The number of hydrogen-bond acceptors (Lipinski definition) is 3. The van der Waals surface area contributed by atoms with Crippen molar-refractivity contribution in [3.05, 3.63) is 103 Å². The summed E-state index contributed by atoms with van der Waals surface area (Å²) in [5, 5.41) is 7.80. The molecule has 0 amide bonds. The molecule has 3 heteroatoms. The van der Waals surface area contributed by atoms with Gasteiger partial charge < -0.3 is 4.90 Å². The number of benzene rings is 4. The van der Waals surface area contributed by atoms with E-state index in [-0.39, 0.29) is 0 Å². The molecule has 0 saturated heterocycles. The van der Waals surface area contributed by atoms with Crippen LogP contribution < -0.4 is 4.90 Å². The Morgan fingerprint density at radius 3 is 1.78 bits per heavy atom. The lowest BCUT2D eigenvalue weighted by Crippen LogP contribution is -2.11. The van der Waals surface area contributed by atoms with Crippen LogP contribution in [0.3, 0.4) is 0 Å². The molecule has 154 valence electrons. The molecule has 0 aliphatic heterocycles. The minimum atomic E-state index is 0.473. The number of pyridine rings is 2. The van der Waals surface area contributed by atoms with Gasteiger partial charge in [-0.2, -0.15) is 0 Å². The van der Waals surface area contributed by atoms with Crippen LogP contribution in [0.15, 0.2) is 97.6 Å². The maximum Gasteiger partial charge on any atom is 0.0645 e. The second kappa shape index (κ2) is 7.31. The summed E-state index contributed by atoms with van der Waals surface area (Å²) < 4.78 is 0. The minimum Gasteiger partial charge on any atom is -0.307 e. The Labute approximate surface area is 187 Å². The van der Waals surface area contributed by atoms with E-state index in [2.05, 4.69) is 89.4 Å². The highest BCUT2D eigenvalue weighted by Gasteiger charge is 2.19. The van der Waals surface area contributed by atoms with Gasteiger partial charge in [-0.15, -0.1) is 0 Å². The molecule has 4 aromatic carbocycles. The average Bonchev–Trinajstić information content (AvgIpc) is 2.84. The summed E-state index contributed by atoms with van der Waals surface area (Å²) in [6.45, 7) is 4.54. The molecule has 32 heavy (non-hydrogen) atoms. The minimum absolute atomic E-state index is 0.473. The third-order valence-electron chi connectivity index (χ3n) is 6.35. The molecule has 0 saturated carbocycles. The van der Waals surface area contributed by atoms with E-state index in [1.807, 2.05) is 36.9 Å². The Morgan fingerprint density at radius 2 is 1.19 bits per heavy atom. The van der Waals surface area contributed by atoms with E-state index in [1.54, 1.807) is 0 Å². The topological polar surface area (TPSA) is 29.0 Å². The van der Waals surface area contributed by atoms with Gasteiger partial charge in [0.15, 0.2) is 0 Å². The first-order valence-corrected chi connectivity index (χ1v) is 11.0. The molecule has 0 radical (unpaired) electrons. The number of hydrogen-bond donors (Lipinski definition) is 0. The summed E-state index contributed by atoms with van der Waals surface area (Å²) in [4.78, 5) is 11.0. The lowest BCUT2D eigenvalue weighted by Gasteiger charge is -2.27. The first kappa shape index (κ1) is 18.8. The van der Waals surface area contributed by atoms with Gasteiger partial charge >= 0.3 is 0 Å². The van der Waals surface area contributed by atoms with Crippen LogP contribution in [-0.4, -0.2) is 9.97 Å². The number of aromatic nitrogens is 2. The highest BCUT2D eigenvalue weighted by molar-refractivity contribution is 6.26. The number of rotatable bonds is 4. The molecule has 6 rings (SSSR count). The molecule has 0 fully saturated rings. The zero-order valence-corrected chi connectivity index (χ0v) is 18.2. The van der Waals surface area contributed by atoms with E-state index < -0.39 is 0 Å². The second-order valence-electron chi connectivity index (χ2n) is 8.57. The van der Waals surface area contributed by atoms with E-state index in [0.29, 0.717) is 5.92 Å². The first-order valence-electron chi connectivity index (χ1n) is 11.0. The van der Waals surface area contributed by atoms with Crippen LogP contribution in [0.5, 0.6) is 0 Å². The van der Waals surface area contributed by atoms with E-state index in [1.165, 1.54) is 37.9 Å². The zero-order chi connectivity index (χ0) is 21.7. The van der Waals surface area contributed by atoms with Gasteiger partial charge in [0.2, 0.25) is 0 Å². The smallest absolute Gasteiger partial charge is 0.0645 e. The van der Waals surface area contributed by atoms with Gasteiger partial charge in [0.25, 0.3) is 0 Å². The molecule has 0 atom stereocenters. The molecular weight excluding hydrogens is 390 g/mol. The van der Waals surface area contributed by atoms with Crippen molar-refractivity contribution in [2.75, 3.05) is 4.90 Å². The molecule has 2 heterocycles. The maximum absolute atomic E-state index is 4.39. The molecule has 0 unspecified atom stereocenters. The molecule has 2 aromatic heterocycles. The van der Waals surface area contributed by atoms with Crippen molar-refractivity contribution >= 4 is 49.4 Å². The average molecular weight is 414 g/mol. The highest BCUT2D eigenvalue weighted by atomic mass is 15.2. The molecular formula is C29H23N3. The normalized spacial score (nSPS) is 11.7. The summed E-state index contributed by atoms with van der Waals surface area (Å²) >= 11 is 0. The standard InChI is InChI=1S/C29H23N3/c1-19(2)24-11-7-20-9-13-26-27(14-10-21-8-12-25(24)28(20)29(21)26)32(22-5-3-15-30-17-22)23-6-4-16-31-18-23/h3-19H,1-2H3. The quantitative estimate of drug-likeness (QED) is 0.274. The highest BCUT2D eigenvalue weighted by Crippen LogP contribution is 2.44. The fourth-order valence-electron chi connectivity index (χ4n) is 4.91. The SMILES string of the molecule is CC(C)c1ccc2ccc3c(N(c4cccnc4)c4cccnc4)ccc4ccc1c2c43. The van der Waals surface area contributed by atoms with E-state index in [0.717, 1.165) is 17.1 Å². The van der Waals surface area contributed by atoms with Gasteiger partial charge in [-0.05, 0) is 68.7 Å². The van der Waals surface area contributed by atoms with Crippen LogP contribution in [0.1, 0.15) is 25.3 Å². The van der Waals surface area contributed by atoms with Crippen molar-refractivity contribution in [2.24, 2.45) is 0 Å². The monoisotopic (exact) mass is 413 g/mol. The Hall–Kier alpha value is -3.98. The largest absolute Gasteiger partial charge is 0.307 e. The van der Waals surface area contributed by atoms with Crippen molar-refractivity contribution in [3.63, 3.8) is 0 Å². The summed E-state index contributed by atoms with van der Waals surface area (Å²) in [7, 11) is 0. The third kappa shape index (κ3) is 2.82. The van der Waals surface area contributed by atoms with Crippen LogP contribution in [0, 0.1) is 0 Å². The third-order valence-corrected chi connectivity index (χ3v) is 6.35. The van der Waals surface area contributed by atoms with Crippen molar-refractivity contribution in [1.29, 1.82) is 0 Å². The van der Waals surface area contributed by atoms with Crippen LogP contribution in [0.2, 0.25) is 0 Å². The second-order valence-corrected chi connectivity index (χ2v) is 8.57. The lowest BCUT2D eigenvalue weighted by atomic mass is 9.88. The van der Waals surface area contributed by atoms with Gasteiger partial charge in [-0.25, -0.2) is 0 Å². The summed E-state index contributed by atoms with van der Waals surface area (Å²) in [5.74, 6) is 0.473. The van der Waals surface area contributed by atoms with Gasteiger partial charge in [0.1, 0.15) is 0 Å². The van der Waals surface area contributed by atoms with Crippen molar-refractivity contribution < 1.29 is 0 Å². The Bertz CT molecular complexity index is 1500. The number of nitrogens with zero attached hydrogens (tertiary/aromatic N) is 3. The molecule has 6 aromatic rings. The predicted molar refractivity (Wildman–Crippen MR) is 135 cm³/mol.